The number of aromatic amines is 4. The molecular weight excluding hydrogens is 1870 g/mol. The van der Waals surface area contributed by atoms with E-state index in [0.717, 1.165) is 94.4 Å². The Balaban J connectivity index is 0.000000108. The number of hydrogen-bond acceptors (Lipinski definition) is 14. The van der Waals surface area contributed by atoms with Crippen molar-refractivity contribution in [2.45, 2.75) is 105 Å². The first-order valence-electron chi connectivity index (χ1n) is 48.0. The molecule has 0 fully saturated rings. The van der Waals surface area contributed by atoms with Gasteiger partial charge in [-0.25, -0.2) is 33.1 Å². The maximum Gasteiger partial charge on any atom is 0.273 e. The zero-order valence-electron chi connectivity index (χ0n) is 79.2. The average molecular weight is 1960 g/mol. The summed E-state index contributed by atoms with van der Waals surface area (Å²) in [7, 11) is 0. The van der Waals surface area contributed by atoms with E-state index in [1.165, 1.54) is 30.5 Å². The van der Waals surface area contributed by atoms with Gasteiger partial charge in [0.2, 0.25) is 47.4 Å². The lowest BCUT2D eigenvalue weighted by atomic mass is 9.49. The average Bonchev–Trinajstić information content (AvgIpc) is 0.812. The first-order chi connectivity index (χ1) is 70.4. The summed E-state index contributed by atoms with van der Waals surface area (Å²) in [6.45, 7) is 9.43. The largest absolute Gasteiger partial charge is 0.324 e. The molecule has 0 aliphatic heterocycles. The number of fused-ring (bicyclic) bond motifs is 6. The molecule has 4 aromatic heterocycles. The Labute approximate surface area is 838 Å². The van der Waals surface area contributed by atoms with Crippen LogP contribution < -0.4 is 21.3 Å². The van der Waals surface area contributed by atoms with Crippen molar-refractivity contribution in [1.82, 2.24) is 39.9 Å². The first-order valence-corrected chi connectivity index (χ1v) is 48.3. The van der Waals surface area contributed by atoms with Crippen LogP contribution in [0.3, 0.4) is 0 Å². The fourth-order valence-electron chi connectivity index (χ4n) is 25.4. The van der Waals surface area contributed by atoms with Gasteiger partial charge in [0.25, 0.3) is 16.6 Å². The van der Waals surface area contributed by atoms with Crippen LogP contribution in [0.2, 0.25) is 0 Å². The van der Waals surface area contributed by atoms with Gasteiger partial charge in [0.1, 0.15) is 17.5 Å². The lowest BCUT2D eigenvalue weighted by Crippen LogP contribution is -2.57. The lowest BCUT2D eigenvalue weighted by Gasteiger charge is -2.54. The summed E-state index contributed by atoms with van der Waals surface area (Å²) in [4.78, 5) is 123. The number of carbonyl (C=O) groups is 4. The maximum absolute atomic E-state index is 14.3. The Morgan fingerprint density at radius 3 is 0.870 bits per heavy atom. The molecule has 18 aromatic rings. The Morgan fingerprint density at radius 1 is 0.315 bits per heavy atom. The standard InChI is InChI=1S/C31H23ClFN3O.C31H23FN4O3.C28H24N4O3.C27H21FN4O3/c1-30(17-31(32)23-12-6-4-10-21(23)27(30)22-11-5-7-13-24(22)31)28(37)36-29-34-16-26(35-29)20-14-15-25(33)19-9-3-2-8-18(19)20;1-30(17-31(36(38)39)23-12-6-4-10-21(23)27(30)22-11-5-7-13-24(22)31)28(37)35-29-33-16-26(34-29)20-14-15-25(32)19-9-3-2-8-18(19)20;1-17-8-7-9-18(14-17)23-15-29-26(30-23)31-25(33)27(2)16-28(32(34)35)21-12-5-3-10-19(21)24(27)20-11-4-6-13-22(20)28;1-26(24(33)31-25-29-14-22(30-25)16-7-6-8-17(28)13-16)15-27(32(34)35)20-11-4-2-9-18(20)23(26)19-10-3-5-12-21(19)27/h2-16,27H,17H2,1H3,(H2,34,35,36,37);2-16,27H,17H2,1H3,(H2,33,34,35,37);3-15,24H,16H2,1-2H3,(H2,29,30,31,33);2-14,23H,15H2,1H3,(H2,29,30,31,33). The number of rotatable bonds is 15. The third-order valence-corrected chi connectivity index (χ3v) is 32.3. The Bertz CT molecular complexity index is 8110. The molecule has 4 amide bonds. The molecule has 30 rings (SSSR count). The molecule has 25 nitrogen and oxygen atoms in total. The van der Waals surface area contributed by atoms with E-state index in [-0.39, 0.29) is 111 Å². The topological polar surface area (TPSA) is 361 Å². The van der Waals surface area contributed by atoms with E-state index in [9.17, 15) is 62.7 Å². The number of aromatic nitrogens is 8. The Hall–Kier alpha value is -17.4. The van der Waals surface area contributed by atoms with Crippen LogP contribution in [0.5, 0.6) is 0 Å². The minimum atomic E-state index is -1.53. The van der Waals surface area contributed by atoms with Crippen molar-refractivity contribution in [3.8, 4) is 45.0 Å². The van der Waals surface area contributed by atoms with Crippen molar-refractivity contribution in [3.05, 3.63) is 483 Å². The third-order valence-electron chi connectivity index (χ3n) is 31.8. The summed E-state index contributed by atoms with van der Waals surface area (Å²) in [6, 6.07) is 95.5. The SMILES string of the molecule is CC1(C(=O)Nc2ncc(-c3ccc(F)c4ccccc34)[nH]2)CC2(Cl)c3ccccc3C1c1ccccc12.CC1(C(=O)Nc2ncc(-c3ccc(F)c4ccccc34)[nH]2)CC2([N+](=O)[O-])c3ccccc3C1c1ccccc12.CC1(C(=O)Nc2ncc(-c3cccc(F)c3)[nH]2)CC2([N+](=O)[O-])c3ccccc3C1c1ccccc12.Cc1cccc(-c2cnc(NC(=O)C3(C)CC4([N+](=O)[O-])c5ccccc5C3c3ccccc34)[nH]2)c1. The monoisotopic (exact) mass is 1960 g/mol. The van der Waals surface area contributed by atoms with Crippen LogP contribution in [0.4, 0.5) is 37.0 Å². The van der Waals surface area contributed by atoms with Crippen molar-refractivity contribution in [2.75, 3.05) is 21.3 Å². The maximum atomic E-state index is 14.3. The number of hydrogen-bond donors (Lipinski definition) is 8. The molecule has 146 heavy (non-hydrogen) atoms. The molecule has 722 valence electrons. The number of amides is 4. The number of nitrogens with one attached hydrogen (secondary N) is 8. The van der Waals surface area contributed by atoms with Crippen molar-refractivity contribution < 1.29 is 47.1 Å². The Morgan fingerprint density at radius 2 is 0.568 bits per heavy atom. The molecule has 29 heteroatoms. The molecule has 8 N–H and O–H groups in total. The van der Waals surface area contributed by atoms with Crippen LogP contribution in [0.25, 0.3) is 66.6 Å². The van der Waals surface area contributed by atoms with Gasteiger partial charge >= 0.3 is 0 Å². The minimum absolute atomic E-state index is 0.0215. The van der Waals surface area contributed by atoms with Crippen LogP contribution in [0.15, 0.2) is 340 Å². The number of aryl methyl sites for hydroxylation is 1. The van der Waals surface area contributed by atoms with Crippen LogP contribution in [0, 0.1) is 76.4 Å². The molecule has 4 atom stereocenters. The van der Waals surface area contributed by atoms with Gasteiger partial charge in [0, 0.05) is 119 Å². The molecule has 0 spiro atoms. The van der Waals surface area contributed by atoms with E-state index in [2.05, 4.69) is 85.4 Å². The number of carbonyl (C=O) groups excluding carboxylic acids is 4. The summed E-state index contributed by atoms with van der Waals surface area (Å²) in [6.07, 6.45) is 7.05. The molecule has 12 aliphatic carbocycles. The third kappa shape index (κ3) is 14.1. The summed E-state index contributed by atoms with van der Waals surface area (Å²) in [5, 5.41) is 52.6. The van der Waals surface area contributed by atoms with E-state index in [4.69, 9.17) is 11.6 Å². The highest BCUT2D eigenvalue weighted by molar-refractivity contribution is 6.27. The molecule has 0 saturated carbocycles. The molecule has 0 saturated heterocycles. The molecule has 0 radical (unpaired) electrons. The lowest BCUT2D eigenvalue weighted by molar-refractivity contribution is -0.573. The van der Waals surface area contributed by atoms with Gasteiger partial charge < -0.3 is 19.9 Å². The highest BCUT2D eigenvalue weighted by Gasteiger charge is 2.71. The van der Waals surface area contributed by atoms with Crippen molar-refractivity contribution in [1.29, 1.82) is 0 Å². The fraction of sp³-hybridized carbons (Fsp3) is 0.179. The summed E-state index contributed by atoms with van der Waals surface area (Å²) < 4.78 is 42.3. The van der Waals surface area contributed by atoms with E-state index >= 15 is 0 Å². The number of imidazole rings is 4. The fourth-order valence-corrected chi connectivity index (χ4v) is 26.1. The summed E-state index contributed by atoms with van der Waals surface area (Å²) in [5.74, 6) is -2.16. The van der Waals surface area contributed by atoms with Gasteiger partial charge in [-0.05, 0) is 155 Å². The van der Waals surface area contributed by atoms with Gasteiger partial charge in [-0.2, -0.15) is 0 Å². The molecular formula is C117H91ClF3N15O10. The first kappa shape index (κ1) is 92.3. The van der Waals surface area contributed by atoms with Gasteiger partial charge in [-0.1, -0.05) is 279 Å². The van der Waals surface area contributed by atoms with E-state index in [1.807, 2.05) is 233 Å². The minimum Gasteiger partial charge on any atom is -0.324 e. The number of alkyl halides is 1. The Kier molecular flexibility index (Phi) is 21.8. The zero-order chi connectivity index (χ0) is 101. The number of nitrogens with zero attached hydrogens (tertiary/aromatic N) is 7. The molecule has 14 aromatic carbocycles. The summed E-state index contributed by atoms with van der Waals surface area (Å²) >= 11 is 7.41. The number of nitro groups is 3. The molecule has 8 bridgehead atoms. The van der Waals surface area contributed by atoms with E-state index in [1.54, 1.807) is 87.0 Å². The van der Waals surface area contributed by atoms with Crippen LogP contribution in [0.1, 0.15) is 172 Å². The highest BCUT2D eigenvalue weighted by Crippen LogP contribution is 2.70. The van der Waals surface area contributed by atoms with Gasteiger partial charge in [-0.3, -0.25) is 70.8 Å². The number of anilines is 4. The van der Waals surface area contributed by atoms with Crippen LogP contribution in [-0.4, -0.2) is 78.3 Å². The quantitative estimate of drug-likeness (QED) is 0.0269. The van der Waals surface area contributed by atoms with Gasteiger partial charge in [-0.15, -0.1) is 11.6 Å². The normalized spacial score (nSPS) is 23.5. The second-order valence-electron chi connectivity index (χ2n) is 40.0. The van der Waals surface area contributed by atoms with Gasteiger partial charge in [0.05, 0.1) is 74.1 Å². The molecule has 4 heterocycles. The highest BCUT2D eigenvalue weighted by atomic mass is 35.5. The van der Waals surface area contributed by atoms with Crippen molar-refractivity contribution >= 4 is 80.6 Å². The second-order valence-corrected chi connectivity index (χ2v) is 40.7. The van der Waals surface area contributed by atoms with Crippen molar-refractivity contribution in [3.63, 3.8) is 0 Å². The van der Waals surface area contributed by atoms with Crippen LogP contribution in [-0.2, 0) is 40.7 Å². The van der Waals surface area contributed by atoms with E-state index < -0.39 is 43.2 Å². The molecule has 4 unspecified atom stereocenters. The number of H-pyrrole nitrogens is 4. The van der Waals surface area contributed by atoms with Crippen molar-refractivity contribution in [2.24, 2.45) is 21.7 Å². The molecule has 12 aliphatic rings. The second kappa shape index (κ2) is 34.5. The van der Waals surface area contributed by atoms with E-state index in [0.29, 0.717) is 85.1 Å². The predicted octanol–water partition coefficient (Wildman–Crippen LogP) is 24.4. The van der Waals surface area contributed by atoms with Gasteiger partial charge in [0.15, 0.2) is 0 Å². The number of halogens is 4. The summed E-state index contributed by atoms with van der Waals surface area (Å²) in [5.41, 5.74) is 11.5. The zero-order valence-corrected chi connectivity index (χ0v) is 80.0. The number of benzene rings is 14. The van der Waals surface area contributed by atoms with Crippen LogP contribution >= 0.6 is 11.6 Å². The smallest absolute Gasteiger partial charge is 0.273 e. The predicted molar refractivity (Wildman–Crippen MR) is 550 cm³/mol.